The maximum absolute atomic E-state index is 12.9. The molecule has 0 aromatic heterocycles. The van der Waals surface area contributed by atoms with E-state index in [0.29, 0.717) is 19.0 Å². The number of likely N-dealkylation sites (N-methyl/N-ethyl adjacent to an activating group) is 1. The van der Waals surface area contributed by atoms with Gasteiger partial charge in [0.1, 0.15) is 5.82 Å². The molecule has 1 fully saturated rings. The molecule has 124 valence electrons. The molecule has 2 rings (SSSR count). The van der Waals surface area contributed by atoms with Gasteiger partial charge in [-0.05, 0) is 43.5 Å². The van der Waals surface area contributed by atoms with Crippen molar-refractivity contribution in [2.45, 2.75) is 18.9 Å². The molecule has 1 amide bonds. The second-order valence-corrected chi connectivity index (χ2v) is 5.52. The molecular formula is C16H24ClFN2O2. The lowest BCUT2D eigenvalue weighted by molar-refractivity contribution is -0.135. The Labute approximate surface area is 137 Å². The topological polar surface area (TPSA) is 41.6 Å². The van der Waals surface area contributed by atoms with Crippen LogP contribution in [0.5, 0.6) is 0 Å². The summed E-state index contributed by atoms with van der Waals surface area (Å²) in [6, 6.07) is 6.62. The Morgan fingerprint density at radius 3 is 2.68 bits per heavy atom. The first-order chi connectivity index (χ1) is 10.1. The van der Waals surface area contributed by atoms with Gasteiger partial charge in [0.05, 0.1) is 12.6 Å². The maximum Gasteiger partial charge on any atom is 0.236 e. The van der Waals surface area contributed by atoms with Gasteiger partial charge in [-0.25, -0.2) is 4.39 Å². The van der Waals surface area contributed by atoms with Gasteiger partial charge in [0.2, 0.25) is 5.91 Å². The van der Waals surface area contributed by atoms with E-state index in [4.69, 9.17) is 4.74 Å². The molecule has 2 atom stereocenters. The molecule has 1 saturated heterocycles. The van der Waals surface area contributed by atoms with Crippen LogP contribution in [0.25, 0.3) is 0 Å². The number of carbonyl (C=O) groups is 1. The van der Waals surface area contributed by atoms with Crippen molar-refractivity contribution in [2.75, 3.05) is 33.8 Å². The maximum atomic E-state index is 12.9. The van der Waals surface area contributed by atoms with Crippen molar-refractivity contribution in [2.24, 2.45) is 5.92 Å². The number of halogens is 2. The predicted molar refractivity (Wildman–Crippen MR) is 86.8 cm³/mol. The number of rotatable bonds is 5. The number of piperidine rings is 1. The standard InChI is InChI=1S/C16H23FN2O2.ClH/c1-18-10-16(20)19-8-7-13(15(11-19)21-2)9-12-3-5-14(17)6-4-12;/h3-6,13,15,18H,7-11H2,1-2H3;1H/t13-,15-;/m1./s1. The fourth-order valence-corrected chi connectivity index (χ4v) is 2.88. The van der Waals surface area contributed by atoms with E-state index < -0.39 is 0 Å². The van der Waals surface area contributed by atoms with Gasteiger partial charge in [0.25, 0.3) is 0 Å². The quantitative estimate of drug-likeness (QED) is 0.896. The second kappa shape index (κ2) is 9.08. The lowest BCUT2D eigenvalue weighted by atomic mass is 9.87. The van der Waals surface area contributed by atoms with Gasteiger partial charge in [-0.2, -0.15) is 0 Å². The lowest BCUT2D eigenvalue weighted by Gasteiger charge is -2.38. The summed E-state index contributed by atoms with van der Waals surface area (Å²) < 4.78 is 18.5. The molecule has 0 saturated carbocycles. The molecule has 0 unspecified atom stereocenters. The number of carbonyl (C=O) groups excluding carboxylic acids is 1. The molecule has 0 bridgehead atoms. The van der Waals surface area contributed by atoms with Crippen LogP contribution in [0.4, 0.5) is 4.39 Å². The summed E-state index contributed by atoms with van der Waals surface area (Å²) in [5.74, 6) is 0.258. The molecule has 0 spiro atoms. The van der Waals surface area contributed by atoms with Crippen LogP contribution in [-0.2, 0) is 16.0 Å². The van der Waals surface area contributed by atoms with Crippen molar-refractivity contribution in [1.82, 2.24) is 10.2 Å². The molecule has 1 aromatic carbocycles. The number of methoxy groups -OCH3 is 1. The molecule has 0 aliphatic carbocycles. The number of nitrogens with one attached hydrogen (secondary N) is 1. The minimum atomic E-state index is -0.213. The third kappa shape index (κ3) is 4.93. The van der Waals surface area contributed by atoms with E-state index in [1.165, 1.54) is 12.1 Å². The van der Waals surface area contributed by atoms with Crippen LogP contribution in [0, 0.1) is 11.7 Å². The molecule has 22 heavy (non-hydrogen) atoms. The van der Waals surface area contributed by atoms with Crippen molar-refractivity contribution < 1.29 is 13.9 Å². The average Bonchev–Trinajstić information content (AvgIpc) is 2.50. The molecule has 1 aliphatic heterocycles. The summed E-state index contributed by atoms with van der Waals surface area (Å²) in [5, 5.41) is 2.89. The highest BCUT2D eigenvalue weighted by molar-refractivity contribution is 5.85. The molecule has 1 heterocycles. The fraction of sp³-hybridized carbons (Fsp3) is 0.562. The number of ether oxygens (including phenoxy) is 1. The molecule has 1 aromatic rings. The molecule has 1 N–H and O–H groups in total. The SMILES string of the molecule is CNCC(=O)N1CC[C@H](Cc2ccc(F)cc2)[C@H](OC)C1.Cl. The third-order valence-electron chi connectivity index (χ3n) is 4.09. The van der Waals surface area contributed by atoms with Gasteiger partial charge >= 0.3 is 0 Å². The Bertz CT molecular complexity index is 470. The third-order valence-corrected chi connectivity index (χ3v) is 4.09. The smallest absolute Gasteiger partial charge is 0.236 e. The van der Waals surface area contributed by atoms with E-state index in [1.54, 1.807) is 14.2 Å². The number of amides is 1. The van der Waals surface area contributed by atoms with Crippen molar-refractivity contribution in [3.8, 4) is 0 Å². The van der Waals surface area contributed by atoms with Crippen LogP contribution in [0.15, 0.2) is 24.3 Å². The van der Waals surface area contributed by atoms with Gasteiger partial charge in [-0.1, -0.05) is 12.1 Å². The van der Waals surface area contributed by atoms with E-state index in [9.17, 15) is 9.18 Å². The number of likely N-dealkylation sites (tertiary alicyclic amines) is 1. The first kappa shape index (κ1) is 18.9. The van der Waals surface area contributed by atoms with Crippen LogP contribution in [0.3, 0.4) is 0 Å². The summed E-state index contributed by atoms with van der Waals surface area (Å²) in [7, 11) is 3.46. The highest BCUT2D eigenvalue weighted by atomic mass is 35.5. The Morgan fingerprint density at radius 1 is 1.41 bits per heavy atom. The van der Waals surface area contributed by atoms with E-state index in [2.05, 4.69) is 5.32 Å². The zero-order valence-corrected chi connectivity index (χ0v) is 13.9. The molecular weight excluding hydrogens is 307 g/mol. The minimum Gasteiger partial charge on any atom is -0.379 e. The Morgan fingerprint density at radius 2 is 2.09 bits per heavy atom. The van der Waals surface area contributed by atoms with Crippen molar-refractivity contribution in [3.63, 3.8) is 0 Å². The van der Waals surface area contributed by atoms with Crippen molar-refractivity contribution in [1.29, 1.82) is 0 Å². The van der Waals surface area contributed by atoms with Gasteiger partial charge < -0.3 is 15.0 Å². The molecule has 1 aliphatic rings. The summed E-state index contributed by atoms with van der Waals surface area (Å²) >= 11 is 0. The van der Waals surface area contributed by atoms with E-state index >= 15 is 0 Å². The Kier molecular flexibility index (Phi) is 7.79. The van der Waals surface area contributed by atoms with Crippen LogP contribution in [-0.4, -0.2) is 50.7 Å². The number of hydrogen-bond acceptors (Lipinski definition) is 3. The normalized spacial score (nSPS) is 21.3. The van der Waals surface area contributed by atoms with Gasteiger partial charge in [0.15, 0.2) is 0 Å². The zero-order valence-electron chi connectivity index (χ0n) is 13.0. The predicted octanol–water partition coefficient (Wildman–Crippen LogP) is 1.87. The van der Waals surface area contributed by atoms with Gasteiger partial charge in [0, 0.05) is 20.2 Å². The monoisotopic (exact) mass is 330 g/mol. The molecule has 0 radical (unpaired) electrons. The number of hydrogen-bond donors (Lipinski definition) is 1. The largest absolute Gasteiger partial charge is 0.379 e. The van der Waals surface area contributed by atoms with Crippen LogP contribution >= 0.6 is 12.4 Å². The fourth-order valence-electron chi connectivity index (χ4n) is 2.88. The minimum absolute atomic E-state index is 0. The van der Waals surface area contributed by atoms with Gasteiger partial charge in [-0.15, -0.1) is 12.4 Å². The Hall–Kier alpha value is -1.17. The van der Waals surface area contributed by atoms with E-state index in [1.807, 2.05) is 17.0 Å². The van der Waals surface area contributed by atoms with Crippen molar-refractivity contribution in [3.05, 3.63) is 35.6 Å². The average molecular weight is 331 g/mol. The summed E-state index contributed by atoms with van der Waals surface area (Å²) in [4.78, 5) is 13.8. The number of nitrogens with zero attached hydrogens (tertiary/aromatic N) is 1. The van der Waals surface area contributed by atoms with Crippen LogP contribution in [0.1, 0.15) is 12.0 Å². The molecule has 4 nitrogen and oxygen atoms in total. The van der Waals surface area contributed by atoms with Gasteiger partial charge in [-0.3, -0.25) is 4.79 Å². The first-order valence-corrected chi connectivity index (χ1v) is 7.33. The summed E-state index contributed by atoms with van der Waals surface area (Å²) in [6.45, 7) is 1.74. The van der Waals surface area contributed by atoms with Crippen LogP contribution < -0.4 is 5.32 Å². The lowest BCUT2D eigenvalue weighted by Crippen LogP contribution is -2.49. The summed E-state index contributed by atoms with van der Waals surface area (Å²) in [5.41, 5.74) is 1.11. The highest BCUT2D eigenvalue weighted by Crippen LogP contribution is 2.24. The second-order valence-electron chi connectivity index (χ2n) is 5.52. The molecule has 6 heteroatoms. The zero-order chi connectivity index (χ0) is 15.2. The first-order valence-electron chi connectivity index (χ1n) is 7.33. The van der Waals surface area contributed by atoms with E-state index in [0.717, 1.165) is 24.9 Å². The Balaban J connectivity index is 0.00000242. The highest BCUT2D eigenvalue weighted by Gasteiger charge is 2.31. The van der Waals surface area contributed by atoms with Crippen molar-refractivity contribution >= 4 is 18.3 Å². The summed E-state index contributed by atoms with van der Waals surface area (Å²) in [6.07, 6.45) is 1.79. The number of benzene rings is 1. The van der Waals surface area contributed by atoms with Crippen LogP contribution in [0.2, 0.25) is 0 Å². The van der Waals surface area contributed by atoms with E-state index in [-0.39, 0.29) is 30.2 Å².